The monoisotopic (exact) mass is 158 g/mol. The van der Waals surface area contributed by atoms with Gasteiger partial charge in [-0.25, -0.2) is 0 Å². The minimum absolute atomic E-state index is 0.281. The first-order valence-electron chi connectivity index (χ1n) is 3.97. The number of hydrogen-bond donors (Lipinski definition) is 0. The van der Waals surface area contributed by atoms with Gasteiger partial charge in [-0.1, -0.05) is 0 Å². The molecule has 0 radical (unpaired) electrons. The smallest absolute Gasteiger partial charge is 0.0801 e. The Morgan fingerprint density at radius 3 is 1.82 bits per heavy atom. The third kappa shape index (κ3) is 1.72. The van der Waals surface area contributed by atoms with Crippen LogP contribution >= 0.6 is 0 Å². The van der Waals surface area contributed by atoms with Crippen molar-refractivity contribution in [3.63, 3.8) is 0 Å². The van der Waals surface area contributed by atoms with Gasteiger partial charge in [0.2, 0.25) is 0 Å². The Hall–Kier alpha value is -0.120. The highest BCUT2D eigenvalue weighted by Gasteiger charge is 2.40. The Bertz CT molecular complexity index is 130. The van der Waals surface area contributed by atoms with Crippen LogP contribution in [-0.4, -0.2) is 63.3 Å². The molecule has 3 nitrogen and oxygen atoms in total. The lowest BCUT2D eigenvalue weighted by atomic mass is 9.95. The first kappa shape index (κ1) is 8.97. The van der Waals surface area contributed by atoms with Gasteiger partial charge >= 0.3 is 0 Å². The molecule has 0 N–H and O–H groups in total. The molecule has 0 spiro atoms. The number of rotatable bonds is 3. The van der Waals surface area contributed by atoms with Gasteiger partial charge < -0.3 is 9.64 Å². The van der Waals surface area contributed by atoms with Gasteiger partial charge in [0.05, 0.1) is 18.8 Å². The lowest BCUT2D eigenvalue weighted by Gasteiger charge is -2.47. The summed E-state index contributed by atoms with van der Waals surface area (Å²) < 4.78 is 5.23. The van der Waals surface area contributed by atoms with Crippen LogP contribution in [-0.2, 0) is 4.74 Å². The molecule has 3 heteroatoms. The van der Waals surface area contributed by atoms with Crippen LogP contribution < -0.4 is 0 Å². The second-order valence-corrected chi connectivity index (χ2v) is 3.85. The summed E-state index contributed by atoms with van der Waals surface area (Å²) >= 11 is 0. The van der Waals surface area contributed by atoms with Crippen molar-refractivity contribution < 1.29 is 4.74 Å². The van der Waals surface area contributed by atoms with Crippen molar-refractivity contribution in [2.45, 2.75) is 5.54 Å². The molecule has 0 bridgehead atoms. The Kier molecular flexibility index (Phi) is 2.52. The zero-order valence-corrected chi connectivity index (χ0v) is 7.92. The Labute approximate surface area is 68.9 Å². The molecule has 0 amide bonds. The Morgan fingerprint density at radius 2 is 1.73 bits per heavy atom. The van der Waals surface area contributed by atoms with E-state index in [9.17, 15) is 0 Å². The summed E-state index contributed by atoms with van der Waals surface area (Å²) in [4.78, 5) is 4.47. The van der Waals surface area contributed by atoms with Gasteiger partial charge in [0, 0.05) is 6.54 Å². The highest BCUT2D eigenvalue weighted by molar-refractivity contribution is 4.95. The van der Waals surface area contributed by atoms with Crippen molar-refractivity contribution in [2.75, 3.05) is 47.9 Å². The van der Waals surface area contributed by atoms with E-state index in [4.69, 9.17) is 4.74 Å². The van der Waals surface area contributed by atoms with Crippen LogP contribution in [0.4, 0.5) is 0 Å². The van der Waals surface area contributed by atoms with Gasteiger partial charge in [-0.15, -0.1) is 0 Å². The van der Waals surface area contributed by atoms with Crippen molar-refractivity contribution >= 4 is 0 Å². The first-order valence-corrected chi connectivity index (χ1v) is 3.97. The normalized spacial score (nSPS) is 22.4. The van der Waals surface area contributed by atoms with Crippen LogP contribution in [0.15, 0.2) is 0 Å². The number of ether oxygens (including phenoxy) is 1. The van der Waals surface area contributed by atoms with E-state index in [1.54, 1.807) is 0 Å². The highest BCUT2D eigenvalue weighted by atomic mass is 16.5. The average molecular weight is 158 g/mol. The quantitative estimate of drug-likeness (QED) is 0.569. The van der Waals surface area contributed by atoms with Crippen LogP contribution in [0.25, 0.3) is 0 Å². The van der Waals surface area contributed by atoms with E-state index in [-0.39, 0.29) is 5.54 Å². The number of likely N-dealkylation sites (N-methyl/N-ethyl adjacent to an activating group) is 2. The van der Waals surface area contributed by atoms with Crippen LogP contribution in [0.5, 0.6) is 0 Å². The third-order valence-corrected chi connectivity index (χ3v) is 2.30. The maximum atomic E-state index is 5.23. The first-order chi connectivity index (χ1) is 5.07. The SMILES string of the molecule is CN(C)CC1(N(C)C)COC1. The molecule has 1 aliphatic rings. The van der Waals surface area contributed by atoms with E-state index in [0.717, 1.165) is 19.8 Å². The Balaban J connectivity index is 2.47. The summed E-state index contributed by atoms with van der Waals surface area (Å²) in [7, 11) is 8.44. The summed E-state index contributed by atoms with van der Waals surface area (Å²) in [6.45, 7) is 2.83. The third-order valence-electron chi connectivity index (χ3n) is 2.30. The summed E-state index contributed by atoms with van der Waals surface area (Å²) in [5, 5.41) is 0. The average Bonchev–Trinajstić information content (AvgIpc) is 1.77. The zero-order valence-electron chi connectivity index (χ0n) is 7.92. The second kappa shape index (κ2) is 3.09. The number of nitrogens with zero attached hydrogens (tertiary/aromatic N) is 2. The fraction of sp³-hybridized carbons (Fsp3) is 1.00. The largest absolute Gasteiger partial charge is 0.377 e. The van der Waals surface area contributed by atoms with Crippen molar-refractivity contribution in [1.29, 1.82) is 0 Å². The van der Waals surface area contributed by atoms with Crippen molar-refractivity contribution in [1.82, 2.24) is 9.80 Å². The maximum absolute atomic E-state index is 5.23. The molecule has 0 atom stereocenters. The molecule has 0 aliphatic carbocycles. The molecule has 1 saturated heterocycles. The van der Waals surface area contributed by atoms with E-state index in [1.165, 1.54) is 0 Å². The second-order valence-electron chi connectivity index (χ2n) is 3.85. The van der Waals surface area contributed by atoms with Gasteiger partial charge in [-0.2, -0.15) is 0 Å². The molecule has 0 aromatic carbocycles. The molecule has 1 fully saturated rings. The topological polar surface area (TPSA) is 15.7 Å². The van der Waals surface area contributed by atoms with E-state index in [0.29, 0.717) is 0 Å². The Morgan fingerprint density at radius 1 is 1.18 bits per heavy atom. The molecule has 0 unspecified atom stereocenters. The van der Waals surface area contributed by atoms with Crippen LogP contribution in [0.2, 0.25) is 0 Å². The predicted molar refractivity (Wildman–Crippen MR) is 45.8 cm³/mol. The molecule has 1 rings (SSSR count). The maximum Gasteiger partial charge on any atom is 0.0801 e. The van der Waals surface area contributed by atoms with E-state index in [2.05, 4.69) is 38.0 Å². The van der Waals surface area contributed by atoms with Gasteiger partial charge in [-0.05, 0) is 28.2 Å². The predicted octanol–water partition coefficient (Wildman–Crippen LogP) is -0.121. The molecule has 11 heavy (non-hydrogen) atoms. The fourth-order valence-electron chi connectivity index (χ4n) is 1.42. The summed E-state index contributed by atoms with van der Waals surface area (Å²) in [5.41, 5.74) is 0.281. The lowest BCUT2D eigenvalue weighted by molar-refractivity contribution is -0.132. The van der Waals surface area contributed by atoms with Crippen LogP contribution in [0.1, 0.15) is 0 Å². The van der Waals surface area contributed by atoms with Gasteiger partial charge in [-0.3, -0.25) is 4.90 Å². The zero-order chi connectivity index (χ0) is 8.48. The van der Waals surface area contributed by atoms with Gasteiger partial charge in [0.15, 0.2) is 0 Å². The molecule has 0 saturated carbocycles. The van der Waals surface area contributed by atoms with Crippen molar-refractivity contribution in [3.05, 3.63) is 0 Å². The lowest BCUT2D eigenvalue weighted by Crippen LogP contribution is -2.64. The van der Waals surface area contributed by atoms with E-state index >= 15 is 0 Å². The summed E-state index contributed by atoms with van der Waals surface area (Å²) in [6, 6.07) is 0. The molecule has 1 aliphatic heterocycles. The van der Waals surface area contributed by atoms with E-state index < -0.39 is 0 Å². The minimum Gasteiger partial charge on any atom is -0.377 e. The standard InChI is InChI=1S/C8H18N2O/c1-9(2)5-8(10(3)4)6-11-7-8/h5-7H2,1-4H3. The van der Waals surface area contributed by atoms with Crippen molar-refractivity contribution in [2.24, 2.45) is 0 Å². The molecule has 0 aromatic rings. The minimum atomic E-state index is 0.281. The molecule has 66 valence electrons. The van der Waals surface area contributed by atoms with E-state index in [1.807, 2.05) is 0 Å². The summed E-state index contributed by atoms with van der Waals surface area (Å²) in [6.07, 6.45) is 0. The van der Waals surface area contributed by atoms with Crippen LogP contribution in [0, 0.1) is 0 Å². The number of hydrogen-bond acceptors (Lipinski definition) is 3. The summed E-state index contributed by atoms with van der Waals surface area (Å²) in [5.74, 6) is 0. The fourth-order valence-corrected chi connectivity index (χ4v) is 1.42. The van der Waals surface area contributed by atoms with Crippen molar-refractivity contribution in [3.8, 4) is 0 Å². The molecule has 0 aromatic heterocycles. The molecular formula is C8H18N2O. The van der Waals surface area contributed by atoms with Gasteiger partial charge in [0.1, 0.15) is 0 Å². The molecular weight excluding hydrogens is 140 g/mol. The molecule has 1 heterocycles. The van der Waals surface area contributed by atoms with Gasteiger partial charge in [0.25, 0.3) is 0 Å². The van der Waals surface area contributed by atoms with Crippen LogP contribution in [0.3, 0.4) is 0 Å². The highest BCUT2D eigenvalue weighted by Crippen LogP contribution is 2.22.